The minimum absolute atomic E-state index is 0.213. The zero-order valence-electron chi connectivity index (χ0n) is 11.6. The Morgan fingerprint density at radius 3 is 2.42 bits per heavy atom. The molecule has 0 bridgehead atoms. The van der Waals surface area contributed by atoms with Crippen molar-refractivity contribution in [3.8, 4) is 0 Å². The summed E-state index contributed by atoms with van der Waals surface area (Å²) in [5.74, 6) is -0.574. The van der Waals surface area contributed by atoms with Crippen LogP contribution in [0.3, 0.4) is 0 Å². The first-order chi connectivity index (χ1) is 8.82. The molecule has 106 valence electrons. The number of hydrogen-bond acceptors (Lipinski definition) is 4. The summed E-state index contributed by atoms with van der Waals surface area (Å²) in [6, 6.07) is 5.12. The van der Waals surface area contributed by atoms with E-state index >= 15 is 0 Å². The maximum Gasteiger partial charge on any atom is 0.321 e. The van der Waals surface area contributed by atoms with Gasteiger partial charge in [-0.2, -0.15) is 4.31 Å². The summed E-state index contributed by atoms with van der Waals surface area (Å²) in [6.07, 6.45) is 0. The van der Waals surface area contributed by atoms with Gasteiger partial charge in [0.25, 0.3) is 0 Å². The topological polar surface area (TPSA) is 63.7 Å². The normalized spacial score (nSPS) is 11.6. The Hall–Kier alpha value is -1.40. The lowest BCUT2D eigenvalue weighted by molar-refractivity contribution is -0.140. The molecule has 0 atom stereocenters. The number of carbonyl (C=O) groups excluding carboxylic acids is 1. The Bertz CT molecular complexity index is 566. The maximum atomic E-state index is 12.5. The highest BCUT2D eigenvalue weighted by atomic mass is 32.2. The maximum absolute atomic E-state index is 12.5. The molecule has 0 heterocycles. The molecule has 1 aromatic rings. The Morgan fingerprint density at radius 1 is 1.32 bits per heavy atom. The fraction of sp³-hybridized carbons (Fsp3) is 0.462. The van der Waals surface area contributed by atoms with Crippen LogP contribution in [0.15, 0.2) is 23.1 Å². The molecule has 0 N–H and O–H groups in total. The van der Waals surface area contributed by atoms with E-state index in [1.54, 1.807) is 32.0 Å². The van der Waals surface area contributed by atoms with Crippen LogP contribution in [-0.4, -0.2) is 38.9 Å². The molecular formula is C13H19NO4S. The third-order valence-electron chi connectivity index (χ3n) is 2.83. The number of benzene rings is 1. The quantitative estimate of drug-likeness (QED) is 0.769. The molecule has 0 aliphatic rings. The smallest absolute Gasteiger partial charge is 0.321 e. The molecule has 0 saturated carbocycles. The number of nitrogens with zero attached hydrogens (tertiary/aromatic N) is 1. The highest BCUT2D eigenvalue weighted by Gasteiger charge is 2.26. The predicted molar refractivity (Wildman–Crippen MR) is 72.4 cm³/mol. The van der Waals surface area contributed by atoms with E-state index in [-0.39, 0.29) is 18.0 Å². The summed E-state index contributed by atoms with van der Waals surface area (Å²) in [4.78, 5) is 11.5. The van der Waals surface area contributed by atoms with Crippen molar-refractivity contribution >= 4 is 16.0 Å². The summed E-state index contributed by atoms with van der Waals surface area (Å²) in [6.45, 7) is 5.26. The molecule has 6 heteroatoms. The molecule has 0 aliphatic carbocycles. The Balaban J connectivity index is 3.17. The molecule has 19 heavy (non-hydrogen) atoms. The third kappa shape index (κ3) is 3.54. The Labute approximate surface area is 114 Å². The summed E-state index contributed by atoms with van der Waals surface area (Å²) < 4.78 is 30.6. The highest BCUT2D eigenvalue weighted by Crippen LogP contribution is 2.20. The monoisotopic (exact) mass is 285 g/mol. The molecule has 0 spiro atoms. The van der Waals surface area contributed by atoms with Gasteiger partial charge in [0.15, 0.2) is 0 Å². The molecule has 1 aromatic carbocycles. The van der Waals surface area contributed by atoms with Gasteiger partial charge < -0.3 is 4.74 Å². The van der Waals surface area contributed by atoms with Crippen molar-refractivity contribution < 1.29 is 17.9 Å². The molecule has 0 saturated heterocycles. The van der Waals surface area contributed by atoms with Gasteiger partial charge in [0, 0.05) is 6.54 Å². The molecule has 0 unspecified atom stereocenters. The number of hydrogen-bond donors (Lipinski definition) is 0. The zero-order valence-corrected chi connectivity index (χ0v) is 12.5. The lowest BCUT2D eigenvalue weighted by Crippen LogP contribution is -2.36. The van der Waals surface area contributed by atoms with E-state index in [1.807, 2.05) is 6.92 Å². The van der Waals surface area contributed by atoms with Crippen LogP contribution in [0.5, 0.6) is 0 Å². The van der Waals surface area contributed by atoms with Gasteiger partial charge >= 0.3 is 5.97 Å². The number of carbonyl (C=O) groups is 1. The minimum atomic E-state index is -3.67. The summed E-state index contributed by atoms with van der Waals surface area (Å²) >= 11 is 0. The van der Waals surface area contributed by atoms with E-state index in [1.165, 1.54) is 7.11 Å². The van der Waals surface area contributed by atoms with E-state index in [0.717, 1.165) is 9.87 Å². The van der Waals surface area contributed by atoms with Crippen molar-refractivity contribution in [1.29, 1.82) is 0 Å². The van der Waals surface area contributed by atoms with Gasteiger partial charge in [-0.05, 0) is 25.5 Å². The summed E-state index contributed by atoms with van der Waals surface area (Å²) in [5, 5.41) is 0. The van der Waals surface area contributed by atoms with Gasteiger partial charge in [-0.15, -0.1) is 0 Å². The Kier molecular flexibility index (Phi) is 5.08. The van der Waals surface area contributed by atoms with Crippen LogP contribution >= 0.6 is 0 Å². The molecular weight excluding hydrogens is 266 g/mol. The van der Waals surface area contributed by atoms with Crippen LogP contribution in [0.2, 0.25) is 0 Å². The second-order valence-electron chi connectivity index (χ2n) is 4.28. The fourth-order valence-electron chi connectivity index (χ4n) is 1.80. The standard InChI is InChI=1S/C13H19NO4S/c1-5-14(9-13(15)18-4)19(16,17)12-7-6-10(2)8-11(12)3/h6-8H,5,9H2,1-4H3. The molecule has 0 radical (unpaired) electrons. The highest BCUT2D eigenvalue weighted by molar-refractivity contribution is 7.89. The van der Waals surface area contributed by atoms with E-state index in [0.29, 0.717) is 5.56 Å². The molecule has 1 rings (SSSR count). The van der Waals surface area contributed by atoms with Crippen LogP contribution in [-0.2, 0) is 19.6 Å². The SMILES string of the molecule is CCN(CC(=O)OC)S(=O)(=O)c1ccc(C)cc1C. The van der Waals surface area contributed by atoms with Crippen molar-refractivity contribution in [3.63, 3.8) is 0 Å². The van der Waals surface area contributed by atoms with Gasteiger partial charge in [0.2, 0.25) is 10.0 Å². The number of sulfonamides is 1. The first-order valence-corrected chi connectivity index (χ1v) is 7.41. The first-order valence-electron chi connectivity index (χ1n) is 5.97. The number of methoxy groups -OCH3 is 1. The van der Waals surface area contributed by atoms with E-state index in [9.17, 15) is 13.2 Å². The second-order valence-corrected chi connectivity index (χ2v) is 6.18. The average Bonchev–Trinajstić information content (AvgIpc) is 2.34. The van der Waals surface area contributed by atoms with Crippen LogP contribution in [0, 0.1) is 13.8 Å². The summed E-state index contributed by atoms with van der Waals surface area (Å²) in [5.41, 5.74) is 1.66. The van der Waals surface area contributed by atoms with E-state index in [4.69, 9.17) is 0 Å². The van der Waals surface area contributed by atoms with Crippen molar-refractivity contribution in [3.05, 3.63) is 29.3 Å². The van der Waals surface area contributed by atoms with E-state index in [2.05, 4.69) is 4.74 Å². The zero-order chi connectivity index (χ0) is 14.6. The molecule has 5 nitrogen and oxygen atoms in total. The molecule has 0 fully saturated rings. The van der Waals surface area contributed by atoms with Crippen molar-refractivity contribution in [2.75, 3.05) is 20.2 Å². The Morgan fingerprint density at radius 2 is 1.95 bits per heavy atom. The number of esters is 1. The number of likely N-dealkylation sites (N-methyl/N-ethyl adjacent to an activating group) is 1. The van der Waals surface area contributed by atoms with Crippen LogP contribution in [0.4, 0.5) is 0 Å². The van der Waals surface area contributed by atoms with Gasteiger partial charge in [0.1, 0.15) is 6.54 Å². The van der Waals surface area contributed by atoms with Crippen molar-refractivity contribution in [2.45, 2.75) is 25.7 Å². The summed E-state index contributed by atoms with van der Waals surface area (Å²) in [7, 11) is -2.44. The van der Waals surface area contributed by atoms with Gasteiger partial charge in [-0.3, -0.25) is 4.79 Å². The van der Waals surface area contributed by atoms with Crippen LogP contribution in [0.25, 0.3) is 0 Å². The van der Waals surface area contributed by atoms with Crippen LogP contribution in [0.1, 0.15) is 18.1 Å². The largest absolute Gasteiger partial charge is 0.468 e. The predicted octanol–water partition coefficient (Wildman–Crippen LogP) is 1.49. The second kappa shape index (κ2) is 6.16. The van der Waals surface area contributed by atoms with Gasteiger partial charge in [-0.25, -0.2) is 8.42 Å². The van der Waals surface area contributed by atoms with E-state index < -0.39 is 16.0 Å². The van der Waals surface area contributed by atoms with Crippen molar-refractivity contribution in [1.82, 2.24) is 4.31 Å². The minimum Gasteiger partial charge on any atom is -0.468 e. The molecule has 0 aromatic heterocycles. The molecule has 0 aliphatic heterocycles. The fourth-order valence-corrected chi connectivity index (χ4v) is 3.40. The lowest BCUT2D eigenvalue weighted by Gasteiger charge is -2.20. The molecule has 0 amide bonds. The van der Waals surface area contributed by atoms with Gasteiger partial charge in [-0.1, -0.05) is 24.6 Å². The van der Waals surface area contributed by atoms with Crippen LogP contribution < -0.4 is 0 Å². The number of rotatable bonds is 5. The van der Waals surface area contributed by atoms with Gasteiger partial charge in [0.05, 0.1) is 12.0 Å². The lowest BCUT2D eigenvalue weighted by atomic mass is 10.2. The third-order valence-corrected chi connectivity index (χ3v) is 4.92. The van der Waals surface area contributed by atoms with Crippen molar-refractivity contribution in [2.24, 2.45) is 0 Å². The average molecular weight is 285 g/mol. The number of aryl methyl sites for hydroxylation is 2. The number of ether oxygens (including phenoxy) is 1. The first kappa shape index (κ1) is 15.7.